The molecule has 4 heteroatoms. The molecule has 3 nitrogen and oxygen atoms in total. The lowest BCUT2D eigenvalue weighted by Gasteiger charge is -2.18. The van der Waals surface area contributed by atoms with Crippen LogP contribution in [-0.2, 0) is 0 Å². The Morgan fingerprint density at radius 2 is 2.10 bits per heavy atom. The van der Waals surface area contributed by atoms with Crippen LogP contribution >= 0.6 is 15.9 Å². The summed E-state index contributed by atoms with van der Waals surface area (Å²) in [5.74, 6) is 0.894. The Morgan fingerprint density at radius 3 is 2.75 bits per heavy atom. The molecule has 1 atom stereocenters. The summed E-state index contributed by atoms with van der Waals surface area (Å²) in [6, 6.07) is 12.3. The molecule has 1 heterocycles. The molecule has 0 amide bonds. The van der Waals surface area contributed by atoms with E-state index in [0.717, 1.165) is 28.0 Å². The van der Waals surface area contributed by atoms with E-state index >= 15 is 0 Å². The number of pyridine rings is 1. The number of ether oxygens (including phenoxy) is 1. The van der Waals surface area contributed by atoms with E-state index in [-0.39, 0.29) is 6.04 Å². The first-order valence-corrected chi connectivity index (χ1v) is 7.61. The molecule has 0 saturated heterocycles. The zero-order valence-electron chi connectivity index (χ0n) is 11.8. The number of aromatic nitrogens is 1. The van der Waals surface area contributed by atoms with E-state index in [1.165, 1.54) is 0 Å². The number of hydrogen-bond acceptors (Lipinski definition) is 3. The first-order valence-electron chi connectivity index (χ1n) is 6.82. The Bertz CT molecular complexity index is 542. The predicted molar refractivity (Wildman–Crippen MR) is 85.1 cm³/mol. The van der Waals surface area contributed by atoms with E-state index in [0.29, 0.717) is 6.61 Å². The molecule has 0 spiro atoms. The molecule has 0 radical (unpaired) electrons. The number of nitrogens with zero attached hydrogens (tertiary/aromatic N) is 1. The van der Waals surface area contributed by atoms with Gasteiger partial charge in [0.15, 0.2) is 0 Å². The lowest BCUT2D eigenvalue weighted by atomic mass is 10.0. The highest BCUT2D eigenvalue weighted by molar-refractivity contribution is 9.10. The van der Waals surface area contributed by atoms with E-state index in [9.17, 15) is 0 Å². The minimum absolute atomic E-state index is 0.0773. The molecule has 1 unspecified atom stereocenters. The van der Waals surface area contributed by atoms with Gasteiger partial charge < -0.3 is 10.1 Å². The van der Waals surface area contributed by atoms with Crippen LogP contribution in [0.1, 0.15) is 31.1 Å². The van der Waals surface area contributed by atoms with Crippen molar-refractivity contribution >= 4 is 15.9 Å². The Morgan fingerprint density at radius 1 is 1.25 bits per heavy atom. The van der Waals surface area contributed by atoms with E-state index in [4.69, 9.17) is 4.74 Å². The number of nitrogens with one attached hydrogen (secondary N) is 1. The molecular formula is C16H19BrN2O. The Labute approximate surface area is 128 Å². The van der Waals surface area contributed by atoms with Crippen molar-refractivity contribution in [2.45, 2.75) is 19.9 Å². The highest BCUT2D eigenvalue weighted by Gasteiger charge is 2.14. The van der Waals surface area contributed by atoms with Gasteiger partial charge in [0, 0.05) is 10.7 Å². The van der Waals surface area contributed by atoms with Gasteiger partial charge in [-0.15, -0.1) is 0 Å². The smallest absolute Gasteiger partial charge is 0.119 e. The molecule has 0 fully saturated rings. The third kappa shape index (κ3) is 3.81. The second-order valence-electron chi connectivity index (χ2n) is 4.40. The van der Waals surface area contributed by atoms with Crippen molar-refractivity contribution in [3.8, 4) is 5.75 Å². The maximum Gasteiger partial charge on any atom is 0.119 e. The van der Waals surface area contributed by atoms with Gasteiger partial charge in [-0.3, -0.25) is 4.98 Å². The van der Waals surface area contributed by atoms with Gasteiger partial charge in [0.25, 0.3) is 0 Å². The van der Waals surface area contributed by atoms with Crippen molar-refractivity contribution in [3.05, 3.63) is 58.3 Å². The van der Waals surface area contributed by atoms with Crippen molar-refractivity contribution in [2.24, 2.45) is 0 Å². The molecule has 2 rings (SSSR count). The van der Waals surface area contributed by atoms with Crippen LogP contribution in [0.15, 0.2) is 47.1 Å². The highest BCUT2D eigenvalue weighted by atomic mass is 79.9. The van der Waals surface area contributed by atoms with Gasteiger partial charge in [0.2, 0.25) is 0 Å². The Hall–Kier alpha value is -1.39. The SMILES string of the molecule is CCNC(c1cccc(OCC)c1)c1ccc(Br)cn1. The maximum absolute atomic E-state index is 5.57. The number of rotatable bonds is 6. The molecule has 1 aromatic carbocycles. The molecule has 106 valence electrons. The molecule has 1 aromatic heterocycles. The molecular weight excluding hydrogens is 316 g/mol. The van der Waals surface area contributed by atoms with Crippen molar-refractivity contribution in [1.82, 2.24) is 10.3 Å². The predicted octanol–water partition coefficient (Wildman–Crippen LogP) is 3.94. The number of halogens is 1. The zero-order chi connectivity index (χ0) is 14.4. The van der Waals surface area contributed by atoms with Crippen molar-refractivity contribution in [3.63, 3.8) is 0 Å². The average molecular weight is 335 g/mol. The third-order valence-corrected chi connectivity index (χ3v) is 3.43. The lowest BCUT2D eigenvalue weighted by Crippen LogP contribution is -2.22. The normalized spacial score (nSPS) is 12.2. The molecule has 2 aromatic rings. The van der Waals surface area contributed by atoms with Crippen LogP contribution in [0.4, 0.5) is 0 Å². The standard InChI is InChI=1S/C16H19BrN2O/c1-3-18-16(15-9-8-13(17)11-19-15)12-6-5-7-14(10-12)20-4-2/h5-11,16,18H,3-4H2,1-2H3. The maximum atomic E-state index is 5.57. The summed E-state index contributed by atoms with van der Waals surface area (Å²) in [6.07, 6.45) is 1.83. The molecule has 20 heavy (non-hydrogen) atoms. The fraction of sp³-hybridized carbons (Fsp3) is 0.312. The van der Waals surface area contributed by atoms with Crippen LogP contribution in [0, 0.1) is 0 Å². The largest absolute Gasteiger partial charge is 0.494 e. The Kier molecular flexibility index (Phi) is 5.56. The average Bonchev–Trinajstić information content (AvgIpc) is 2.47. The van der Waals surface area contributed by atoms with E-state index < -0.39 is 0 Å². The topological polar surface area (TPSA) is 34.1 Å². The number of benzene rings is 1. The van der Waals surface area contributed by atoms with Gasteiger partial charge in [-0.1, -0.05) is 19.1 Å². The van der Waals surface area contributed by atoms with E-state index in [1.807, 2.05) is 37.4 Å². The van der Waals surface area contributed by atoms with Gasteiger partial charge in [0.1, 0.15) is 5.75 Å². The molecule has 0 bridgehead atoms. The second-order valence-corrected chi connectivity index (χ2v) is 5.31. The highest BCUT2D eigenvalue weighted by Crippen LogP contribution is 2.24. The zero-order valence-corrected chi connectivity index (χ0v) is 13.4. The van der Waals surface area contributed by atoms with Gasteiger partial charge in [-0.05, 0) is 59.2 Å². The van der Waals surface area contributed by atoms with Gasteiger partial charge >= 0.3 is 0 Å². The lowest BCUT2D eigenvalue weighted by molar-refractivity contribution is 0.339. The van der Waals surface area contributed by atoms with Crippen molar-refractivity contribution < 1.29 is 4.74 Å². The molecule has 0 aliphatic carbocycles. The quantitative estimate of drug-likeness (QED) is 0.868. The van der Waals surface area contributed by atoms with E-state index in [2.05, 4.69) is 45.3 Å². The molecule has 0 saturated carbocycles. The first-order chi connectivity index (χ1) is 9.74. The molecule has 1 N–H and O–H groups in total. The number of hydrogen-bond donors (Lipinski definition) is 1. The minimum Gasteiger partial charge on any atom is -0.494 e. The summed E-state index contributed by atoms with van der Waals surface area (Å²) in [7, 11) is 0. The van der Waals surface area contributed by atoms with Crippen LogP contribution in [0.5, 0.6) is 5.75 Å². The minimum atomic E-state index is 0.0773. The fourth-order valence-corrected chi connectivity index (χ4v) is 2.34. The second kappa shape index (κ2) is 7.41. The Balaban J connectivity index is 2.32. The van der Waals surface area contributed by atoms with Crippen molar-refractivity contribution in [1.29, 1.82) is 0 Å². The first kappa shape index (κ1) is 15.0. The van der Waals surface area contributed by atoms with E-state index in [1.54, 1.807) is 0 Å². The van der Waals surface area contributed by atoms with Crippen LogP contribution in [0.3, 0.4) is 0 Å². The summed E-state index contributed by atoms with van der Waals surface area (Å²) in [4.78, 5) is 4.50. The summed E-state index contributed by atoms with van der Waals surface area (Å²) in [5, 5.41) is 3.47. The van der Waals surface area contributed by atoms with Gasteiger partial charge in [-0.25, -0.2) is 0 Å². The molecule has 0 aliphatic rings. The summed E-state index contributed by atoms with van der Waals surface area (Å²) < 4.78 is 6.56. The van der Waals surface area contributed by atoms with Crippen LogP contribution in [-0.4, -0.2) is 18.1 Å². The molecule has 0 aliphatic heterocycles. The van der Waals surface area contributed by atoms with Crippen LogP contribution < -0.4 is 10.1 Å². The van der Waals surface area contributed by atoms with Crippen LogP contribution in [0.25, 0.3) is 0 Å². The summed E-state index contributed by atoms with van der Waals surface area (Å²) in [6.45, 7) is 5.64. The monoisotopic (exact) mass is 334 g/mol. The van der Waals surface area contributed by atoms with Crippen molar-refractivity contribution in [2.75, 3.05) is 13.2 Å². The summed E-state index contributed by atoms with van der Waals surface area (Å²) in [5.41, 5.74) is 2.16. The third-order valence-electron chi connectivity index (χ3n) is 2.96. The van der Waals surface area contributed by atoms with Gasteiger partial charge in [0.05, 0.1) is 18.3 Å². The summed E-state index contributed by atoms with van der Waals surface area (Å²) >= 11 is 3.42. The van der Waals surface area contributed by atoms with Crippen LogP contribution in [0.2, 0.25) is 0 Å². The fourth-order valence-electron chi connectivity index (χ4n) is 2.11. The van der Waals surface area contributed by atoms with Gasteiger partial charge in [-0.2, -0.15) is 0 Å².